The van der Waals surface area contributed by atoms with Crippen LogP contribution in [0.5, 0.6) is 0 Å². The molecule has 2 amide bonds. The Morgan fingerprint density at radius 3 is 2.46 bits per heavy atom. The molecule has 24 heavy (non-hydrogen) atoms. The molecule has 0 bridgehead atoms. The van der Waals surface area contributed by atoms with Gasteiger partial charge in [0.1, 0.15) is 5.82 Å². The van der Waals surface area contributed by atoms with Crippen molar-refractivity contribution in [3.05, 3.63) is 64.2 Å². The standard InChI is InChI=1S/C16H15ClFN3O2.ClH/c1-19-15(22)11-6-12(9-20-8-11)16(23)21-5-4-10-2-3-13(18)7-14(10)17;/h2-3,6-9H,4-5H2,1H3,(H,19,22)(H,21,23);1H. The average molecular weight is 372 g/mol. The molecule has 1 aromatic carbocycles. The Morgan fingerprint density at radius 1 is 1.17 bits per heavy atom. The molecule has 0 spiro atoms. The lowest BCUT2D eigenvalue weighted by Gasteiger charge is -2.07. The van der Waals surface area contributed by atoms with E-state index in [0.29, 0.717) is 23.6 Å². The second kappa shape index (κ2) is 9.20. The molecule has 0 aliphatic rings. The van der Waals surface area contributed by atoms with Gasteiger partial charge in [-0.2, -0.15) is 0 Å². The van der Waals surface area contributed by atoms with E-state index >= 15 is 0 Å². The van der Waals surface area contributed by atoms with Crippen molar-refractivity contribution in [2.45, 2.75) is 6.42 Å². The number of carbonyl (C=O) groups excluding carboxylic acids is 2. The molecule has 0 unspecified atom stereocenters. The summed E-state index contributed by atoms with van der Waals surface area (Å²) >= 11 is 5.93. The van der Waals surface area contributed by atoms with Gasteiger partial charge in [-0.25, -0.2) is 4.39 Å². The fourth-order valence-electron chi connectivity index (χ4n) is 1.97. The summed E-state index contributed by atoms with van der Waals surface area (Å²) in [5.74, 6) is -1.06. The van der Waals surface area contributed by atoms with Crippen molar-refractivity contribution >= 4 is 35.8 Å². The van der Waals surface area contributed by atoms with E-state index in [-0.39, 0.29) is 29.8 Å². The largest absolute Gasteiger partial charge is 0.355 e. The number of hydrogen-bond acceptors (Lipinski definition) is 3. The number of carbonyl (C=O) groups is 2. The fraction of sp³-hybridized carbons (Fsp3) is 0.188. The van der Waals surface area contributed by atoms with Crippen LogP contribution >= 0.6 is 24.0 Å². The van der Waals surface area contributed by atoms with E-state index in [0.717, 1.165) is 5.56 Å². The molecule has 0 saturated carbocycles. The number of nitrogens with zero attached hydrogens (tertiary/aromatic N) is 1. The van der Waals surface area contributed by atoms with Crippen molar-refractivity contribution in [2.75, 3.05) is 13.6 Å². The van der Waals surface area contributed by atoms with Gasteiger partial charge in [-0.1, -0.05) is 17.7 Å². The lowest BCUT2D eigenvalue weighted by atomic mass is 10.1. The zero-order chi connectivity index (χ0) is 16.8. The second-order valence-electron chi connectivity index (χ2n) is 4.78. The molecular weight excluding hydrogens is 356 g/mol. The molecule has 0 radical (unpaired) electrons. The Labute approximate surface area is 150 Å². The molecule has 1 heterocycles. The molecule has 2 rings (SSSR count). The molecule has 0 fully saturated rings. The Morgan fingerprint density at radius 2 is 1.83 bits per heavy atom. The summed E-state index contributed by atoms with van der Waals surface area (Å²) in [5, 5.41) is 5.50. The highest BCUT2D eigenvalue weighted by Gasteiger charge is 2.10. The van der Waals surface area contributed by atoms with Crippen LogP contribution in [0.1, 0.15) is 26.3 Å². The predicted octanol–water partition coefficient (Wildman–Crippen LogP) is 2.63. The summed E-state index contributed by atoms with van der Waals surface area (Å²) < 4.78 is 13.0. The van der Waals surface area contributed by atoms with Crippen LogP contribution in [0, 0.1) is 5.82 Å². The maximum Gasteiger partial charge on any atom is 0.252 e. The first-order valence-electron chi connectivity index (χ1n) is 6.90. The zero-order valence-corrected chi connectivity index (χ0v) is 14.4. The summed E-state index contributed by atoms with van der Waals surface area (Å²) in [4.78, 5) is 27.5. The molecule has 0 saturated heterocycles. The van der Waals surface area contributed by atoms with Crippen LogP contribution in [-0.4, -0.2) is 30.4 Å². The summed E-state index contributed by atoms with van der Waals surface area (Å²) in [6.45, 7) is 0.328. The van der Waals surface area contributed by atoms with Crippen LogP contribution < -0.4 is 10.6 Å². The van der Waals surface area contributed by atoms with Crippen molar-refractivity contribution in [1.82, 2.24) is 15.6 Å². The van der Waals surface area contributed by atoms with Gasteiger partial charge in [-0.05, 0) is 30.2 Å². The quantitative estimate of drug-likeness (QED) is 0.848. The number of amides is 2. The van der Waals surface area contributed by atoms with Gasteiger partial charge in [0, 0.05) is 31.0 Å². The van der Waals surface area contributed by atoms with Crippen LogP contribution in [0.2, 0.25) is 5.02 Å². The molecular formula is C16H16Cl2FN3O2. The highest BCUT2D eigenvalue weighted by atomic mass is 35.5. The molecule has 0 atom stereocenters. The molecule has 5 nitrogen and oxygen atoms in total. The third-order valence-corrected chi connectivity index (χ3v) is 3.54. The van der Waals surface area contributed by atoms with Crippen molar-refractivity contribution in [3.8, 4) is 0 Å². The topological polar surface area (TPSA) is 71.1 Å². The van der Waals surface area contributed by atoms with Gasteiger partial charge in [-0.15, -0.1) is 12.4 Å². The number of pyridine rings is 1. The Bertz CT molecular complexity index is 741. The molecule has 1 aromatic heterocycles. The van der Waals surface area contributed by atoms with Crippen molar-refractivity contribution in [2.24, 2.45) is 0 Å². The normalized spacial score (nSPS) is 9.79. The molecule has 0 aliphatic carbocycles. The van der Waals surface area contributed by atoms with Gasteiger partial charge in [0.2, 0.25) is 0 Å². The van der Waals surface area contributed by atoms with Crippen LogP contribution in [0.25, 0.3) is 0 Å². The Balaban J connectivity index is 0.00000288. The Hall–Kier alpha value is -2.18. The van der Waals surface area contributed by atoms with Gasteiger partial charge >= 0.3 is 0 Å². The molecule has 8 heteroatoms. The lowest BCUT2D eigenvalue weighted by Crippen LogP contribution is -2.26. The monoisotopic (exact) mass is 371 g/mol. The minimum absolute atomic E-state index is 0. The zero-order valence-electron chi connectivity index (χ0n) is 12.8. The van der Waals surface area contributed by atoms with Gasteiger partial charge in [0.05, 0.1) is 11.1 Å². The van der Waals surface area contributed by atoms with Crippen LogP contribution in [0.15, 0.2) is 36.7 Å². The maximum atomic E-state index is 13.0. The molecule has 0 aliphatic heterocycles. The van der Waals surface area contributed by atoms with Crippen molar-refractivity contribution in [1.29, 1.82) is 0 Å². The van der Waals surface area contributed by atoms with E-state index in [1.807, 2.05) is 0 Å². The number of rotatable bonds is 5. The smallest absolute Gasteiger partial charge is 0.252 e. The summed E-state index contributed by atoms with van der Waals surface area (Å²) in [6, 6.07) is 5.60. The second-order valence-corrected chi connectivity index (χ2v) is 5.19. The third kappa shape index (κ3) is 5.18. The van der Waals surface area contributed by atoms with E-state index in [1.165, 1.54) is 37.6 Å². The third-order valence-electron chi connectivity index (χ3n) is 3.18. The van der Waals surface area contributed by atoms with Crippen LogP contribution in [0.4, 0.5) is 4.39 Å². The lowest BCUT2D eigenvalue weighted by molar-refractivity contribution is 0.0953. The summed E-state index contributed by atoms with van der Waals surface area (Å²) in [6.07, 6.45) is 3.23. The first kappa shape index (κ1) is 19.9. The van der Waals surface area contributed by atoms with Gasteiger partial charge in [0.25, 0.3) is 11.8 Å². The fourth-order valence-corrected chi connectivity index (χ4v) is 2.23. The van der Waals surface area contributed by atoms with Gasteiger partial charge < -0.3 is 10.6 Å². The number of halogens is 3. The van der Waals surface area contributed by atoms with E-state index < -0.39 is 5.82 Å². The average Bonchev–Trinajstić information content (AvgIpc) is 2.56. The Kier molecular flexibility index (Phi) is 7.61. The predicted molar refractivity (Wildman–Crippen MR) is 92.3 cm³/mol. The van der Waals surface area contributed by atoms with Crippen LogP contribution in [-0.2, 0) is 6.42 Å². The number of aromatic nitrogens is 1. The van der Waals surface area contributed by atoms with Crippen molar-refractivity contribution < 1.29 is 14.0 Å². The highest BCUT2D eigenvalue weighted by molar-refractivity contribution is 6.31. The number of hydrogen-bond donors (Lipinski definition) is 2. The summed E-state index contributed by atoms with van der Waals surface area (Å²) in [7, 11) is 1.50. The molecule has 128 valence electrons. The highest BCUT2D eigenvalue weighted by Crippen LogP contribution is 2.17. The number of nitrogens with one attached hydrogen (secondary N) is 2. The van der Waals surface area contributed by atoms with Crippen molar-refractivity contribution in [3.63, 3.8) is 0 Å². The SMILES string of the molecule is CNC(=O)c1cncc(C(=O)NCCc2ccc(F)cc2Cl)c1.Cl. The number of benzene rings is 1. The van der Waals surface area contributed by atoms with E-state index in [2.05, 4.69) is 15.6 Å². The maximum absolute atomic E-state index is 13.0. The van der Waals surface area contributed by atoms with Gasteiger partial charge in [-0.3, -0.25) is 14.6 Å². The van der Waals surface area contributed by atoms with E-state index in [1.54, 1.807) is 6.07 Å². The van der Waals surface area contributed by atoms with E-state index in [4.69, 9.17) is 11.6 Å². The van der Waals surface area contributed by atoms with E-state index in [9.17, 15) is 14.0 Å². The first-order valence-corrected chi connectivity index (χ1v) is 7.28. The molecule has 2 N–H and O–H groups in total. The minimum atomic E-state index is -0.403. The minimum Gasteiger partial charge on any atom is -0.355 e. The summed E-state index contributed by atoms with van der Waals surface area (Å²) in [5.41, 5.74) is 1.34. The van der Waals surface area contributed by atoms with Gasteiger partial charge in [0.15, 0.2) is 0 Å². The molecule has 2 aromatic rings. The van der Waals surface area contributed by atoms with Crippen LogP contribution in [0.3, 0.4) is 0 Å². The first-order chi connectivity index (χ1) is 11.0.